The fraction of sp³-hybridized carbons (Fsp3) is 0.429. The zero-order chi connectivity index (χ0) is 38.9. The number of aromatic nitrogens is 2. The van der Waals surface area contributed by atoms with Crippen molar-refractivity contribution in [1.29, 1.82) is 0 Å². The summed E-state index contributed by atoms with van der Waals surface area (Å²) in [6, 6.07) is 0. The molecule has 54 heavy (non-hydrogen) atoms. The van der Waals surface area contributed by atoms with Crippen LogP contribution in [-0.4, -0.2) is 81.0 Å². The minimum atomic E-state index is -0.874. The van der Waals surface area contributed by atoms with E-state index in [0.717, 1.165) is 0 Å². The molecule has 12 heteroatoms. The van der Waals surface area contributed by atoms with Gasteiger partial charge in [-0.25, -0.2) is 19.6 Å². The molecule has 2 saturated heterocycles. The normalized spacial score (nSPS) is 29.9. The van der Waals surface area contributed by atoms with Crippen LogP contribution in [-0.2, 0) is 18.9 Å². The quantitative estimate of drug-likeness (QED) is 0.178. The molecule has 0 aliphatic carbocycles. The zero-order valence-electron chi connectivity index (χ0n) is 31.5. The van der Waals surface area contributed by atoms with Gasteiger partial charge in [-0.05, 0) is 13.8 Å². The first-order valence-electron chi connectivity index (χ1n) is 18.1. The number of allylic oxidation sites excluding steroid dienone is 6. The average Bonchev–Trinajstić information content (AvgIpc) is 3.93. The maximum atomic E-state index is 13.2. The lowest BCUT2D eigenvalue weighted by molar-refractivity contribution is -0.0461. The predicted octanol–water partition coefficient (Wildman–Crippen LogP) is 6.92. The van der Waals surface area contributed by atoms with Crippen LogP contribution in [0.5, 0.6) is 0 Å². The van der Waals surface area contributed by atoms with Gasteiger partial charge in [-0.3, -0.25) is 0 Å². The third kappa shape index (κ3) is 10.6. The smallest absolute Gasteiger partial charge is 0.360 e. The van der Waals surface area contributed by atoms with Gasteiger partial charge in [0.2, 0.25) is 11.8 Å². The van der Waals surface area contributed by atoms with Gasteiger partial charge in [0.15, 0.2) is 11.4 Å². The van der Waals surface area contributed by atoms with Gasteiger partial charge in [0.1, 0.15) is 49.2 Å². The van der Waals surface area contributed by atoms with Crippen LogP contribution in [0.15, 0.2) is 106 Å². The molecular formula is C42H50N2O10. The van der Waals surface area contributed by atoms with Gasteiger partial charge in [-0.15, -0.1) is 0 Å². The highest BCUT2D eigenvalue weighted by atomic mass is 16.6. The van der Waals surface area contributed by atoms with Crippen molar-refractivity contribution in [3.05, 3.63) is 121 Å². The molecule has 0 aromatic carbocycles. The Morgan fingerprint density at radius 3 is 1.43 bits per heavy atom. The van der Waals surface area contributed by atoms with Crippen LogP contribution in [0.25, 0.3) is 12.2 Å². The summed E-state index contributed by atoms with van der Waals surface area (Å²) in [6.07, 6.45) is 27.7. The lowest BCUT2D eigenvalue weighted by Gasteiger charge is -2.36. The van der Waals surface area contributed by atoms with Crippen molar-refractivity contribution < 1.29 is 47.6 Å². The number of ether oxygens (including phenoxy) is 4. The number of epoxide rings is 2. The van der Waals surface area contributed by atoms with Crippen LogP contribution in [0.2, 0.25) is 0 Å². The van der Waals surface area contributed by atoms with E-state index in [1.807, 2.05) is 78.0 Å². The topological polar surface area (TPSA) is 170 Å². The fourth-order valence-corrected chi connectivity index (χ4v) is 5.73. The molecule has 3 aliphatic heterocycles. The molecule has 5 heterocycles. The molecule has 0 spiro atoms. The van der Waals surface area contributed by atoms with Crippen molar-refractivity contribution in [2.75, 3.05) is 0 Å². The summed E-state index contributed by atoms with van der Waals surface area (Å²) in [6.45, 7) is 11.0. The number of carbonyl (C=O) groups excluding carboxylic acids is 2. The van der Waals surface area contributed by atoms with Crippen molar-refractivity contribution in [3.8, 4) is 0 Å². The minimum Gasteiger partial charge on any atom is -0.457 e. The van der Waals surface area contributed by atoms with E-state index in [0.29, 0.717) is 12.8 Å². The average molecular weight is 743 g/mol. The Bertz CT molecular complexity index is 1700. The molecule has 3 aliphatic rings. The molecule has 2 aromatic heterocycles. The van der Waals surface area contributed by atoms with E-state index in [1.54, 1.807) is 60.8 Å². The molecule has 8 atom stereocenters. The fourth-order valence-electron chi connectivity index (χ4n) is 5.73. The van der Waals surface area contributed by atoms with E-state index in [2.05, 4.69) is 9.97 Å². The summed E-state index contributed by atoms with van der Waals surface area (Å²) in [7, 11) is 0. The third-order valence-corrected chi connectivity index (χ3v) is 9.67. The van der Waals surface area contributed by atoms with Crippen LogP contribution in [0, 0.1) is 10.8 Å². The molecule has 4 bridgehead atoms. The Hall–Kier alpha value is -4.88. The minimum absolute atomic E-state index is 0.00877. The van der Waals surface area contributed by atoms with Crippen LogP contribution < -0.4 is 0 Å². The highest BCUT2D eigenvalue weighted by Crippen LogP contribution is 2.34. The van der Waals surface area contributed by atoms with Crippen molar-refractivity contribution in [2.45, 2.75) is 103 Å². The van der Waals surface area contributed by atoms with E-state index >= 15 is 0 Å². The maximum absolute atomic E-state index is 13.2. The largest absolute Gasteiger partial charge is 0.457 e. The Balaban J connectivity index is 1.35. The van der Waals surface area contributed by atoms with Crippen LogP contribution in [0.4, 0.5) is 0 Å². The van der Waals surface area contributed by atoms with Crippen LogP contribution in [0.3, 0.4) is 0 Å². The predicted molar refractivity (Wildman–Crippen MR) is 202 cm³/mol. The van der Waals surface area contributed by atoms with E-state index in [1.165, 1.54) is 12.5 Å². The molecule has 5 rings (SSSR count). The second-order valence-electron chi connectivity index (χ2n) is 14.5. The zero-order valence-corrected chi connectivity index (χ0v) is 31.5. The second-order valence-corrected chi connectivity index (χ2v) is 14.5. The summed E-state index contributed by atoms with van der Waals surface area (Å²) >= 11 is 0. The molecule has 0 amide bonds. The van der Waals surface area contributed by atoms with Gasteiger partial charge < -0.3 is 38.0 Å². The van der Waals surface area contributed by atoms with Gasteiger partial charge in [0.25, 0.3) is 0 Å². The standard InChI is InChI=1S/C42H50N2O10/c1-7-15-33(45)41(3,4)35-21-13-19-31-29(51-31)17-9-12-24-38-44-28(26-50-38)40(48)54-36(42(5,6)34(46)16-8-2)22-14-20-32-30(52-32)18-10-11-23-37-43-27(25-49-37)39(47)53-35/h7-20,23-26,29-36,45-46H,21-22H2,1-6H3/b15-7+,16-8+,17-9-,18-10?,19-13-,20-14-,23-11-,24-12-/t29?,30-,31?,32+,33-,34-,35-,36-/m0/s1. The first-order valence-corrected chi connectivity index (χ1v) is 18.1. The van der Waals surface area contributed by atoms with Gasteiger partial charge in [-0.2, -0.15) is 0 Å². The number of aliphatic hydroxyl groups is 2. The summed E-state index contributed by atoms with van der Waals surface area (Å²) in [5.74, 6) is -0.902. The molecule has 0 saturated carbocycles. The van der Waals surface area contributed by atoms with Crippen LogP contribution in [0.1, 0.15) is 87.1 Å². The van der Waals surface area contributed by atoms with Crippen LogP contribution >= 0.6 is 0 Å². The molecule has 2 fully saturated rings. The Labute approximate surface area is 315 Å². The number of hydrogen-bond acceptors (Lipinski definition) is 12. The molecular weight excluding hydrogens is 692 g/mol. The first-order chi connectivity index (χ1) is 25.8. The van der Waals surface area contributed by atoms with Crippen molar-refractivity contribution in [2.24, 2.45) is 10.8 Å². The molecule has 288 valence electrons. The number of nitrogens with zero attached hydrogens (tertiary/aromatic N) is 2. The molecule has 0 radical (unpaired) electrons. The number of oxazole rings is 2. The number of hydrogen-bond donors (Lipinski definition) is 2. The van der Waals surface area contributed by atoms with Gasteiger partial charge in [0.05, 0.1) is 12.2 Å². The number of aliphatic hydroxyl groups excluding tert-OH is 2. The second kappa shape index (κ2) is 18.0. The highest BCUT2D eigenvalue weighted by molar-refractivity contribution is 5.87. The number of cyclic esters (lactones) is 2. The monoisotopic (exact) mass is 742 g/mol. The maximum Gasteiger partial charge on any atom is 0.360 e. The number of fused-ring (bicyclic) bond motifs is 6. The molecule has 12 nitrogen and oxygen atoms in total. The highest BCUT2D eigenvalue weighted by Gasteiger charge is 2.40. The summed E-state index contributed by atoms with van der Waals surface area (Å²) < 4.78 is 34.3. The summed E-state index contributed by atoms with van der Waals surface area (Å²) in [5, 5.41) is 21.8. The summed E-state index contributed by atoms with van der Waals surface area (Å²) in [5.41, 5.74) is -1.65. The molecule has 2 unspecified atom stereocenters. The van der Waals surface area contributed by atoms with E-state index in [9.17, 15) is 19.8 Å². The van der Waals surface area contributed by atoms with Crippen molar-refractivity contribution in [1.82, 2.24) is 9.97 Å². The van der Waals surface area contributed by atoms with Gasteiger partial charge in [-0.1, -0.05) is 113 Å². The Morgan fingerprint density at radius 1 is 0.648 bits per heavy atom. The first kappa shape index (κ1) is 40.3. The number of carbonyl (C=O) groups is 2. The lowest BCUT2D eigenvalue weighted by Crippen LogP contribution is -2.42. The van der Waals surface area contributed by atoms with Crippen molar-refractivity contribution in [3.63, 3.8) is 0 Å². The lowest BCUT2D eigenvalue weighted by atomic mass is 9.79. The van der Waals surface area contributed by atoms with E-state index in [4.69, 9.17) is 27.8 Å². The molecule has 2 N–H and O–H groups in total. The van der Waals surface area contributed by atoms with Gasteiger partial charge >= 0.3 is 11.9 Å². The number of rotatable bonds is 6. The van der Waals surface area contributed by atoms with Gasteiger partial charge in [0, 0.05) is 35.8 Å². The summed E-state index contributed by atoms with van der Waals surface area (Å²) in [4.78, 5) is 35.0. The Kier molecular flexibility index (Phi) is 13.4. The number of esters is 2. The van der Waals surface area contributed by atoms with Crippen molar-refractivity contribution >= 4 is 24.1 Å². The SMILES string of the molecule is C/C=C/[C@H](O)C(C)(C)[C@@H]1C/C=C\C2OC2/C=C\C=C/c2nc(co2)C(=O)O[C@H](C(C)(C)[C@@H](O)/C=C/C)C/C=C\[C@H]2O[C@H]2C=C/C=C\c2nc(co2)C(=O)O1. The Morgan fingerprint density at radius 2 is 1.04 bits per heavy atom. The van der Waals surface area contributed by atoms with E-state index < -0.39 is 47.2 Å². The third-order valence-electron chi connectivity index (χ3n) is 9.67. The molecule has 2 aromatic rings. The van der Waals surface area contributed by atoms with E-state index in [-0.39, 0.29) is 47.6 Å².